The molecule has 0 unspecified atom stereocenters. The Balaban J connectivity index is 2.78. The molecule has 0 aromatic carbocycles. The number of hydrogen-bond donors (Lipinski definition) is 0. The lowest BCUT2D eigenvalue weighted by molar-refractivity contribution is -0.127. The lowest BCUT2D eigenvalue weighted by atomic mass is 10.4. The van der Waals surface area contributed by atoms with Crippen LogP contribution in [0.1, 0.15) is 6.92 Å². The van der Waals surface area contributed by atoms with Gasteiger partial charge in [-0.1, -0.05) is 6.07 Å². The Bertz CT molecular complexity index is 368. The van der Waals surface area contributed by atoms with Crippen LogP contribution in [0.25, 0.3) is 0 Å². The molecule has 1 aromatic rings. The molecule has 0 saturated carbocycles. The van der Waals surface area contributed by atoms with E-state index in [2.05, 4.69) is 20.9 Å². The topological polar surface area (TPSA) is 36.4 Å². The van der Waals surface area contributed by atoms with Gasteiger partial charge in [-0.25, -0.2) is 4.98 Å². The number of nitrogens with zero attached hydrogens (tertiary/aromatic N) is 3. The highest BCUT2D eigenvalue weighted by Gasteiger charge is 2.12. The molecule has 4 nitrogen and oxygen atoms in total. The van der Waals surface area contributed by atoms with Crippen molar-refractivity contribution < 1.29 is 4.79 Å². The van der Waals surface area contributed by atoms with Gasteiger partial charge in [-0.2, -0.15) is 0 Å². The first-order valence-electron chi connectivity index (χ1n) is 5.12. The number of amides is 1. The molecule has 5 heteroatoms. The van der Waals surface area contributed by atoms with Crippen LogP contribution in [0.15, 0.2) is 22.8 Å². The Hall–Kier alpha value is -1.10. The summed E-state index contributed by atoms with van der Waals surface area (Å²) in [5, 5.41) is 0. The van der Waals surface area contributed by atoms with Crippen molar-refractivity contribution in [1.29, 1.82) is 0 Å². The molecule has 0 bridgehead atoms. The van der Waals surface area contributed by atoms with E-state index >= 15 is 0 Å². The zero-order valence-corrected chi connectivity index (χ0v) is 11.4. The van der Waals surface area contributed by atoms with E-state index in [0.29, 0.717) is 6.54 Å². The molecule has 1 amide bonds. The third-order valence-corrected chi connectivity index (χ3v) is 2.67. The minimum atomic E-state index is 0.0728. The second-order valence-electron chi connectivity index (χ2n) is 3.62. The molecular weight excluding hydrogens is 270 g/mol. The van der Waals surface area contributed by atoms with Gasteiger partial charge in [-0.3, -0.25) is 4.79 Å². The highest BCUT2D eigenvalue weighted by atomic mass is 79.9. The molecule has 1 aromatic heterocycles. The fourth-order valence-corrected chi connectivity index (χ4v) is 1.57. The molecule has 88 valence electrons. The standard InChI is InChI=1S/C11H16BrN3O/c1-4-15(8-11(16)14(2)3)10-7-5-6-9(12)13-10/h5-7H,4,8H2,1-3H3. The largest absolute Gasteiger partial charge is 0.348 e. The Labute approximate surface area is 104 Å². The van der Waals surface area contributed by atoms with E-state index in [1.165, 1.54) is 0 Å². The van der Waals surface area contributed by atoms with E-state index in [1.54, 1.807) is 19.0 Å². The number of rotatable bonds is 4. The lowest BCUT2D eigenvalue weighted by Crippen LogP contribution is -2.37. The predicted molar refractivity (Wildman–Crippen MR) is 68.5 cm³/mol. The van der Waals surface area contributed by atoms with Gasteiger partial charge in [-0.15, -0.1) is 0 Å². The van der Waals surface area contributed by atoms with E-state index in [4.69, 9.17) is 0 Å². The summed E-state index contributed by atoms with van der Waals surface area (Å²) >= 11 is 3.32. The zero-order valence-electron chi connectivity index (χ0n) is 9.77. The molecule has 0 saturated heterocycles. The zero-order chi connectivity index (χ0) is 12.1. The van der Waals surface area contributed by atoms with Crippen LogP contribution in [0.3, 0.4) is 0 Å². The second kappa shape index (κ2) is 5.84. The van der Waals surface area contributed by atoms with Crippen LogP contribution in [0.4, 0.5) is 5.82 Å². The highest BCUT2D eigenvalue weighted by molar-refractivity contribution is 9.10. The van der Waals surface area contributed by atoms with Gasteiger partial charge >= 0.3 is 0 Å². The van der Waals surface area contributed by atoms with Crippen LogP contribution in [-0.2, 0) is 4.79 Å². The number of aromatic nitrogens is 1. The van der Waals surface area contributed by atoms with Crippen molar-refractivity contribution in [3.63, 3.8) is 0 Å². The molecule has 0 fully saturated rings. The van der Waals surface area contributed by atoms with Crippen molar-refractivity contribution in [3.05, 3.63) is 22.8 Å². The van der Waals surface area contributed by atoms with E-state index in [0.717, 1.165) is 17.0 Å². The maximum Gasteiger partial charge on any atom is 0.241 e. The molecule has 0 aliphatic carbocycles. The van der Waals surface area contributed by atoms with Crippen molar-refractivity contribution in [1.82, 2.24) is 9.88 Å². The van der Waals surface area contributed by atoms with Gasteiger partial charge in [0, 0.05) is 20.6 Å². The van der Waals surface area contributed by atoms with E-state index in [-0.39, 0.29) is 5.91 Å². The van der Waals surface area contributed by atoms with Gasteiger partial charge < -0.3 is 9.80 Å². The SMILES string of the molecule is CCN(CC(=O)N(C)C)c1cccc(Br)n1. The molecule has 0 spiro atoms. The van der Waals surface area contributed by atoms with Crippen molar-refractivity contribution >= 4 is 27.7 Å². The Morgan fingerprint density at radius 1 is 1.44 bits per heavy atom. The molecule has 1 rings (SSSR count). The number of carbonyl (C=O) groups is 1. The average molecular weight is 286 g/mol. The smallest absolute Gasteiger partial charge is 0.241 e. The van der Waals surface area contributed by atoms with Crippen LogP contribution in [0, 0.1) is 0 Å². The summed E-state index contributed by atoms with van der Waals surface area (Å²) in [6.07, 6.45) is 0. The molecule has 0 atom stereocenters. The van der Waals surface area contributed by atoms with Gasteiger partial charge in [0.1, 0.15) is 10.4 Å². The van der Waals surface area contributed by atoms with Crippen molar-refractivity contribution in [2.45, 2.75) is 6.92 Å². The summed E-state index contributed by atoms with van der Waals surface area (Å²) in [5.41, 5.74) is 0. The fourth-order valence-electron chi connectivity index (χ4n) is 1.23. The fraction of sp³-hybridized carbons (Fsp3) is 0.455. The van der Waals surface area contributed by atoms with Crippen LogP contribution in [0.2, 0.25) is 0 Å². The highest BCUT2D eigenvalue weighted by Crippen LogP contribution is 2.14. The maximum atomic E-state index is 11.6. The first-order valence-corrected chi connectivity index (χ1v) is 5.91. The average Bonchev–Trinajstić information content (AvgIpc) is 2.25. The van der Waals surface area contributed by atoms with Crippen LogP contribution >= 0.6 is 15.9 Å². The first kappa shape index (κ1) is 13.0. The molecule has 0 radical (unpaired) electrons. The monoisotopic (exact) mass is 285 g/mol. The van der Waals surface area contributed by atoms with E-state index < -0.39 is 0 Å². The Morgan fingerprint density at radius 2 is 2.12 bits per heavy atom. The molecule has 0 aliphatic rings. The molecule has 0 N–H and O–H groups in total. The molecule has 1 heterocycles. The molecule has 16 heavy (non-hydrogen) atoms. The second-order valence-corrected chi connectivity index (χ2v) is 4.43. The van der Waals surface area contributed by atoms with Crippen molar-refractivity contribution in [2.75, 3.05) is 32.1 Å². The Kier molecular flexibility index (Phi) is 4.73. The molecular formula is C11H16BrN3O. The number of hydrogen-bond acceptors (Lipinski definition) is 3. The number of carbonyl (C=O) groups excluding carboxylic acids is 1. The number of pyridine rings is 1. The van der Waals surface area contributed by atoms with E-state index in [9.17, 15) is 4.79 Å². The summed E-state index contributed by atoms with van der Waals surface area (Å²) < 4.78 is 0.778. The third kappa shape index (κ3) is 3.48. The predicted octanol–water partition coefficient (Wildman–Crippen LogP) is 1.76. The van der Waals surface area contributed by atoms with Crippen molar-refractivity contribution in [2.24, 2.45) is 0 Å². The van der Waals surface area contributed by atoms with Gasteiger partial charge in [-0.05, 0) is 35.0 Å². The number of likely N-dealkylation sites (N-methyl/N-ethyl adjacent to an activating group) is 2. The summed E-state index contributed by atoms with van der Waals surface area (Å²) in [4.78, 5) is 19.5. The van der Waals surface area contributed by atoms with Crippen LogP contribution < -0.4 is 4.90 Å². The quantitative estimate of drug-likeness (QED) is 0.791. The van der Waals surface area contributed by atoms with Crippen LogP contribution in [-0.4, -0.2) is 43.0 Å². The summed E-state index contributed by atoms with van der Waals surface area (Å²) in [7, 11) is 3.51. The third-order valence-electron chi connectivity index (χ3n) is 2.23. The number of anilines is 1. The maximum absolute atomic E-state index is 11.6. The van der Waals surface area contributed by atoms with Crippen LogP contribution in [0.5, 0.6) is 0 Å². The summed E-state index contributed by atoms with van der Waals surface area (Å²) in [5.74, 6) is 0.885. The van der Waals surface area contributed by atoms with E-state index in [1.807, 2.05) is 30.0 Å². The summed E-state index contributed by atoms with van der Waals surface area (Å²) in [6.45, 7) is 3.11. The summed E-state index contributed by atoms with van der Waals surface area (Å²) in [6, 6.07) is 5.68. The van der Waals surface area contributed by atoms with Gasteiger partial charge in [0.05, 0.1) is 6.54 Å². The first-order chi connectivity index (χ1) is 7.54. The normalized spacial score (nSPS) is 10.0. The van der Waals surface area contributed by atoms with Gasteiger partial charge in [0.2, 0.25) is 5.91 Å². The Morgan fingerprint density at radius 3 is 2.62 bits per heavy atom. The minimum Gasteiger partial charge on any atom is -0.348 e. The minimum absolute atomic E-state index is 0.0728. The van der Waals surface area contributed by atoms with Gasteiger partial charge in [0.15, 0.2) is 0 Å². The lowest BCUT2D eigenvalue weighted by Gasteiger charge is -2.23. The van der Waals surface area contributed by atoms with Gasteiger partial charge in [0.25, 0.3) is 0 Å². The molecule has 0 aliphatic heterocycles. The van der Waals surface area contributed by atoms with Crippen molar-refractivity contribution in [3.8, 4) is 0 Å². The number of halogens is 1.